The molecule has 0 fully saturated rings. The first-order valence-corrected chi connectivity index (χ1v) is 10.5. The summed E-state index contributed by atoms with van der Waals surface area (Å²) in [6.45, 7) is 3.16. The molecule has 1 aliphatic rings. The summed E-state index contributed by atoms with van der Waals surface area (Å²) in [5.74, 6) is -0.270. The molecule has 2 aromatic carbocycles. The molecule has 2 aromatic rings. The van der Waals surface area contributed by atoms with E-state index in [0.29, 0.717) is 13.1 Å². The quantitative estimate of drug-likeness (QED) is 0.523. The summed E-state index contributed by atoms with van der Waals surface area (Å²) >= 11 is 1.54. The standard InChI is InChI=1S/C23H23F2NO3S/c1-16(4-5-17-6-10-19(24)11-7-17)30-22-21(29-23(27)28)3-2-14-26(22)15-18-8-12-20(25)13-9-18/h2-3,6-13,16H,4-5,14-15H2,1H3,(H,27,28). The van der Waals surface area contributed by atoms with Crippen molar-refractivity contribution in [2.45, 2.75) is 31.6 Å². The molecule has 30 heavy (non-hydrogen) atoms. The molecule has 158 valence electrons. The van der Waals surface area contributed by atoms with Gasteiger partial charge in [0.2, 0.25) is 0 Å². The maximum Gasteiger partial charge on any atom is 0.511 e. The Balaban J connectivity index is 1.72. The van der Waals surface area contributed by atoms with Crippen molar-refractivity contribution in [1.29, 1.82) is 0 Å². The Kier molecular flexibility index (Phi) is 7.52. The van der Waals surface area contributed by atoms with Crippen LogP contribution >= 0.6 is 11.8 Å². The number of ether oxygens (including phenoxy) is 1. The van der Waals surface area contributed by atoms with Crippen molar-refractivity contribution >= 4 is 17.9 Å². The first-order valence-electron chi connectivity index (χ1n) is 9.63. The van der Waals surface area contributed by atoms with Crippen molar-refractivity contribution in [2.75, 3.05) is 6.54 Å². The lowest BCUT2D eigenvalue weighted by molar-refractivity contribution is 0.119. The number of nitrogens with zero attached hydrogens (tertiary/aromatic N) is 1. The van der Waals surface area contributed by atoms with Crippen LogP contribution in [0.3, 0.4) is 0 Å². The molecule has 1 unspecified atom stereocenters. The molecule has 0 aliphatic carbocycles. The average Bonchev–Trinajstić information content (AvgIpc) is 2.71. The van der Waals surface area contributed by atoms with E-state index in [0.717, 1.165) is 29.0 Å². The predicted octanol–water partition coefficient (Wildman–Crippen LogP) is 5.95. The van der Waals surface area contributed by atoms with Crippen molar-refractivity contribution in [3.8, 4) is 0 Å². The molecule has 0 radical (unpaired) electrons. The first kappa shape index (κ1) is 21.9. The Hall–Kier alpha value is -2.80. The molecule has 3 rings (SSSR count). The van der Waals surface area contributed by atoms with Gasteiger partial charge in [-0.3, -0.25) is 0 Å². The molecule has 0 amide bonds. The third-order valence-corrected chi connectivity index (χ3v) is 5.96. The van der Waals surface area contributed by atoms with Gasteiger partial charge < -0.3 is 14.7 Å². The number of allylic oxidation sites excluding steroid dienone is 1. The molecule has 0 saturated heterocycles. The summed E-state index contributed by atoms with van der Waals surface area (Å²) in [7, 11) is 0. The van der Waals surface area contributed by atoms with Crippen LogP contribution in [0.1, 0.15) is 24.5 Å². The third kappa shape index (κ3) is 6.35. The van der Waals surface area contributed by atoms with Crippen LogP contribution in [0.5, 0.6) is 0 Å². The summed E-state index contributed by atoms with van der Waals surface area (Å²) in [5, 5.41) is 10.0. The van der Waals surface area contributed by atoms with E-state index in [1.165, 1.54) is 24.3 Å². The van der Waals surface area contributed by atoms with Crippen LogP contribution in [0.25, 0.3) is 0 Å². The second-order valence-electron chi connectivity index (χ2n) is 7.04. The highest BCUT2D eigenvalue weighted by Crippen LogP contribution is 2.34. The highest BCUT2D eigenvalue weighted by atomic mass is 32.2. The van der Waals surface area contributed by atoms with Crippen LogP contribution in [0.2, 0.25) is 0 Å². The van der Waals surface area contributed by atoms with Gasteiger partial charge in [-0.25, -0.2) is 13.6 Å². The highest BCUT2D eigenvalue weighted by molar-refractivity contribution is 8.03. The van der Waals surface area contributed by atoms with Crippen LogP contribution in [0.4, 0.5) is 13.6 Å². The van der Waals surface area contributed by atoms with E-state index in [-0.39, 0.29) is 22.6 Å². The normalized spacial score (nSPS) is 14.7. The number of carbonyl (C=O) groups is 1. The molecule has 1 heterocycles. The molecule has 0 saturated carbocycles. The highest BCUT2D eigenvalue weighted by Gasteiger charge is 2.23. The van der Waals surface area contributed by atoms with Crippen molar-refractivity contribution < 1.29 is 23.4 Å². The number of thioether (sulfide) groups is 1. The molecule has 0 bridgehead atoms. The Morgan fingerprint density at radius 1 is 1.10 bits per heavy atom. The van der Waals surface area contributed by atoms with Crippen LogP contribution in [0.15, 0.2) is 71.5 Å². The van der Waals surface area contributed by atoms with E-state index in [1.807, 2.05) is 11.0 Å². The predicted molar refractivity (Wildman–Crippen MR) is 114 cm³/mol. The van der Waals surface area contributed by atoms with E-state index in [9.17, 15) is 13.6 Å². The van der Waals surface area contributed by atoms with Crippen molar-refractivity contribution in [3.05, 3.63) is 94.2 Å². The number of aryl methyl sites for hydroxylation is 1. The van der Waals surface area contributed by atoms with Gasteiger partial charge >= 0.3 is 6.16 Å². The monoisotopic (exact) mass is 431 g/mol. The van der Waals surface area contributed by atoms with Crippen LogP contribution in [-0.4, -0.2) is 28.0 Å². The minimum atomic E-state index is -1.37. The summed E-state index contributed by atoms with van der Waals surface area (Å²) in [4.78, 5) is 13.2. The molecular weight excluding hydrogens is 408 g/mol. The SMILES string of the molecule is CC(CCc1ccc(F)cc1)SC1=C(OC(=O)O)C=CCN1Cc1ccc(F)cc1. The number of rotatable bonds is 8. The third-order valence-electron chi connectivity index (χ3n) is 4.64. The number of halogens is 2. The molecule has 1 aliphatic heterocycles. The molecule has 1 N–H and O–H groups in total. The number of hydrogen-bond donors (Lipinski definition) is 1. The van der Waals surface area contributed by atoms with Crippen molar-refractivity contribution in [2.24, 2.45) is 0 Å². The fourth-order valence-electron chi connectivity index (χ4n) is 3.12. The smallest absolute Gasteiger partial charge is 0.449 e. The van der Waals surface area contributed by atoms with Crippen LogP contribution in [0, 0.1) is 11.6 Å². The first-order chi connectivity index (χ1) is 14.4. The molecule has 1 atom stereocenters. The largest absolute Gasteiger partial charge is 0.511 e. The zero-order chi connectivity index (χ0) is 21.5. The number of benzene rings is 2. The van der Waals surface area contributed by atoms with Crippen LogP contribution in [-0.2, 0) is 17.7 Å². The van der Waals surface area contributed by atoms with Gasteiger partial charge in [-0.2, -0.15) is 0 Å². The zero-order valence-electron chi connectivity index (χ0n) is 16.6. The van der Waals surface area contributed by atoms with Gasteiger partial charge in [-0.15, -0.1) is 11.8 Å². The van der Waals surface area contributed by atoms with Gasteiger partial charge in [0, 0.05) is 18.3 Å². The summed E-state index contributed by atoms with van der Waals surface area (Å²) in [5.41, 5.74) is 1.96. The van der Waals surface area contributed by atoms with Gasteiger partial charge in [0.05, 0.1) is 0 Å². The summed E-state index contributed by atoms with van der Waals surface area (Å²) in [6, 6.07) is 12.7. The molecule has 0 spiro atoms. The topological polar surface area (TPSA) is 49.8 Å². The summed E-state index contributed by atoms with van der Waals surface area (Å²) < 4.78 is 31.3. The zero-order valence-corrected chi connectivity index (χ0v) is 17.4. The number of carboxylic acid groups (broad SMARTS) is 1. The second-order valence-corrected chi connectivity index (χ2v) is 8.47. The lowest BCUT2D eigenvalue weighted by Gasteiger charge is -2.31. The van der Waals surface area contributed by atoms with Gasteiger partial charge in [0.25, 0.3) is 0 Å². The summed E-state index contributed by atoms with van der Waals surface area (Å²) in [6.07, 6.45) is 3.76. The minimum Gasteiger partial charge on any atom is -0.449 e. The molecular formula is C23H23F2NO3S. The molecule has 7 heteroatoms. The fraction of sp³-hybridized carbons (Fsp3) is 0.261. The van der Waals surface area contributed by atoms with E-state index in [4.69, 9.17) is 9.84 Å². The second kappa shape index (κ2) is 10.3. The van der Waals surface area contributed by atoms with Gasteiger partial charge in [0.15, 0.2) is 5.76 Å². The van der Waals surface area contributed by atoms with E-state index >= 15 is 0 Å². The maximum atomic E-state index is 13.2. The van der Waals surface area contributed by atoms with Gasteiger partial charge in [-0.1, -0.05) is 37.3 Å². The Morgan fingerprint density at radius 2 is 1.70 bits per heavy atom. The Bertz CT molecular complexity index is 926. The maximum absolute atomic E-state index is 13.2. The van der Waals surface area contributed by atoms with Crippen molar-refractivity contribution in [3.63, 3.8) is 0 Å². The lowest BCUT2D eigenvalue weighted by Crippen LogP contribution is -2.27. The van der Waals surface area contributed by atoms with E-state index in [1.54, 1.807) is 42.1 Å². The lowest BCUT2D eigenvalue weighted by atomic mass is 10.1. The molecule has 4 nitrogen and oxygen atoms in total. The Morgan fingerprint density at radius 3 is 2.30 bits per heavy atom. The van der Waals surface area contributed by atoms with Gasteiger partial charge in [-0.05, 0) is 54.3 Å². The molecule has 0 aromatic heterocycles. The van der Waals surface area contributed by atoms with E-state index in [2.05, 4.69) is 6.92 Å². The van der Waals surface area contributed by atoms with Gasteiger partial charge in [0.1, 0.15) is 16.7 Å². The van der Waals surface area contributed by atoms with E-state index < -0.39 is 6.16 Å². The van der Waals surface area contributed by atoms with Crippen molar-refractivity contribution in [1.82, 2.24) is 4.90 Å². The average molecular weight is 432 g/mol. The van der Waals surface area contributed by atoms with Crippen LogP contribution < -0.4 is 0 Å². The minimum absolute atomic E-state index is 0.166. The fourth-order valence-corrected chi connectivity index (χ4v) is 4.25. The number of hydrogen-bond acceptors (Lipinski definition) is 4. The Labute approximate surface area is 178 Å².